The first-order valence-electron chi connectivity index (χ1n) is 24.8. The lowest BCUT2D eigenvalue weighted by molar-refractivity contribution is -0.145. The lowest BCUT2D eigenvalue weighted by atomic mass is 10.0. The average molecular weight is 1120 g/mol. The molecule has 0 unspecified atom stereocenters. The molecule has 0 bridgehead atoms. The number of benzene rings is 1. The molecule has 2 heterocycles. The van der Waals surface area contributed by atoms with Gasteiger partial charge in [0.25, 0.3) is 0 Å². The highest BCUT2D eigenvalue weighted by atomic mass is 32.1. The van der Waals surface area contributed by atoms with Crippen molar-refractivity contribution in [2.24, 2.45) is 11.7 Å². The Morgan fingerprint density at radius 3 is 1.79 bits per heavy atom. The Morgan fingerprint density at radius 1 is 0.675 bits per heavy atom. The Bertz CT molecular complexity index is 2360. The summed E-state index contributed by atoms with van der Waals surface area (Å²) in [6, 6.07) is -5.17. The van der Waals surface area contributed by atoms with Gasteiger partial charge in [-0.2, -0.15) is 25.3 Å². The highest BCUT2D eigenvalue weighted by molar-refractivity contribution is 7.80. The normalized spacial score (nSPS) is 17.5. The number of H-pyrrole nitrogens is 1. The first-order chi connectivity index (χ1) is 36.3. The van der Waals surface area contributed by atoms with Gasteiger partial charge in [-0.05, 0) is 64.4 Å². The van der Waals surface area contributed by atoms with Gasteiger partial charge in [-0.1, -0.05) is 44.2 Å². The number of aromatic amines is 1. The number of hydrogen-bond donors (Lipinski definition) is 16. The Hall–Kier alpha value is -6.82. The number of amides is 9. The molecule has 1 aliphatic rings. The topological polar surface area (TPSA) is 423 Å². The summed E-state index contributed by atoms with van der Waals surface area (Å²) >= 11 is 8.33. The molecule has 0 aliphatic carbocycles. The Kier molecular flexibility index (Phi) is 26.3. The van der Waals surface area contributed by atoms with Crippen LogP contribution >= 0.6 is 25.3 Å². The molecule has 29 heteroatoms. The molecule has 0 saturated carbocycles. The predicted molar refractivity (Wildman–Crippen MR) is 281 cm³/mol. The standard InChI is InChI=1S/C48H72N12O15S2/c1-23(2)16-31(54-40(66)29(49)17-27-10-7-6-8-11-27)42(68)52-24(3)39(65)57-34(21-77)47(73)60-15-9-12-35(60)45(71)53-30(13-14-36(63)64)41(67)58-37(25(4)61)46(72)55-32(18-28-19-50-22-51-28)43(69)56-33(20-76)44(70)59-38(26(5)62)48(74)75/h6-8,10-11,19,22-26,29-35,37-38,61-62,76-77H,9,12-18,20-21,49H2,1-5H3,(H,50,51)(H,52,68)(H,53,71)(H,54,66)(H,55,72)(H,56,69)(H,57,65)(H,58,67)(H,59,70)(H,63,64)(H,74,75)/t24-,25+,26+,29-,30-,31-,32-,33-,34-,35-,37-,38-/m0/s1. The number of imidazole rings is 1. The number of carboxylic acids is 2. The van der Waals surface area contributed by atoms with Gasteiger partial charge in [-0.3, -0.25) is 47.9 Å². The van der Waals surface area contributed by atoms with Gasteiger partial charge in [-0.25, -0.2) is 9.78 Å². The zero-order valence-electron chi connectivity index (χ0n) is 43.3. The maximum Gasteiger partial charge on any atom is 0.328 e. The van der Waals surface area contributed by atoms with Gasteiger partial charge < -0.3 is 78.6 Å². The number of likely N-dealkylation sites (tertiary alicyclic amines) is 1. The molecule has 426 valence electrons. The van der Waals surface area contributed by atoms with Crippen molar-refractivity contribution in [3.05, 3.63) is 54.1 Å². The van der Waals surface area contributed by atoms with Crippen molar-refractivity contribution >= 4 is 90.4 Å². The Morgan fingerprint density at radius 2 is 1.23 bits per heavy atom. The second kappa shape index (κ2) is 31.4. The second-order valence-electron chi connectivity index (χ2n) is 19.0. The predicted octanol–water partition coefficient (Wildman–Crippen LogP) is -3.97. The molecule has 1 saturated heterocycles. The van der Waals surface area contributed by atoms with Crippen LogP contribution in [0.3, 0.4) is 0 Å². The van der Waals surface area contributed by atoms with E-state index in [2.05, 4.69) is 77.8 Å². The van der Waals surface area contributed by atoms with E-state index in [0.717, 1.165) is 24.3 Å². The number of carbonyl (C=O) groups is 11. The van der Waals surface area contributed by atoms with E-state index in [4.69, 9.17) is 5.73 Å². The largest absolute Gasteiger partial charge is 0.481 e. The van der Waals surface area contributed by atoms with Crippen molar-refractivity contribution in [3.8, 4) is 0 Å². The fourth-order valence-corrected chi connectivity index (χ4v) is 8.47. The monoisotopic (exact) mass is 1120 g/mol. The molecule has 27 nitrogen and oxygen atoms in total. The number of aromatic nitrogens is 2. The molecule has 15 N–H and O–H groups in total. The van der Waals surface area contributed by atoms with E-state index >= 15 is 0 Å². The summed E-state index contributed by atoms with van der Waals surface area (Å²) < 4.78 is 0. The molecule has 2 aromatic rings. The van der Waals surface area contributed by atoms with Crippen LogP contribution < -0.4 is 48.3 Å². The number of carboxylic acid groups (broad SMARTS) is 2. The molecule has 3 rings (SSSR count). The number of carbonyl (C=O) groups excluding carboxylic acids is 9. The maximum absolute atomic E-state index is 14.0. The molecule has 9 amide bonds. The van der Waals surface area contributed by atoms with Crippen LogP contribution in [0.4, 0.5) is 0 Å². The van der Waals surface area contributed by atoms with Crippen LogP contribution in [0.1, 0.15) is 78.0 Å². The molecular formula is C48H72N12O15S2. The molecular weight excluding hydrogens is 1050 g/mol. The third-order valence-corrected chi connectivity index (χ3v) is 12.9. The van der Waals surface area contributed by atoms with Crippen molar-refractivity contribution in [2.75, 3.05) is 18.1 Å². The van der Waals surface area contributed by atoms with Gasteiger partial charge in [0, 0.05) is 42.8 Å². The van der Waals surface area contributed by atoms with Crippen LogP contribution in [-0.2, 0) is 65.6 Å². The van der Waals surface area contributed by atoms with Crippen LogP contribution in [0.15, 0.2) is 42.9 Å². The maximum atomic E-state index is 14.0. The van der Waals surface area contributed by atoms with E-state index in [0.29, 0.717) is 5.69 Å². The van der Waals surface area contributed by atoms with Gasteiger partial charge in [0.1, 0.15) is 48.3 Å². The van der Waals surface area contributed by atoms with E-state index in [-0.39, 0.29) is 56.1 Å². The number of nitrogens with zero attached hydrogens (tertiary/aromatic N) is 2. The average Bonchev–Trinajstić information content (AvgIpc) is 4.09. The first-order valence-corrected chi connectivity index (χ1v) is 26.1. The molecule has 12 atom stereocenters. The number of aliphatic carboxylic acids is 2. The van der Waals surface area contributed by atoms with Crippen molar-refractivity contribution < 1.29 is 73.2 Å². The summed E-state index contributed by atoms with van der Waals surface area (Å²) in [4.78, 5) is 153. The fraction of sp³-hybridized carbons (Fsp3) is 0.583. The highest BCUT2D eigenvalue weighted by Crippen LogP contribution is 2.20. The summed E-state index contributed by atoms with van der Waals surface area (Å²) in [5, 5.41) is 58.9. The summed E-state index contributed by atoms with van der Waals surface area (Å²) in [7, 11) is 0. The van der Waals surface area contributed by atoms with E-state index in [9.17, 15) is 73.2 Å². The van der Waals surface area contributed by atoms with Gasteiger partial charge in [0.2, 0.25) is 53.2 Å². The van der Waals surface area contributed by atoms with Gasteiger partial charge in [0.05, 0.1) is 24.6 Å². The summed E-state index contributed by atoms with van der Waals surface area (Å²) in [5.74, 6) is -11.7. The van der Waals surface area contributed by atoms with E-state index in [1.54, 1.807) is 12.1 Å². The minimum atomic E-state index is -1.87. The van der Waals surface area contributed by atoms with Gasteiger partial charge in [0.15, 0.2) is 6.04 Å². The molecule has 77 heavy (non-hydrogen) atoms. The van der Waals surface area contributed by atoms with Crippen LogP contribution in [0.5, 0.6) is 0 Å². The number of aliphatic hydroxyl groups is 2. The number of hydrogen-bond acceptors (Lipinski definition) is 17. The number of thiol groups is 2. The Labute approximate surface area is 455 Å². The van der Waals surface area contributed by atoms with Crippen LogP contribution in [0.2, 0.25) is 0 Å². The van der Waals surface area contributed by atoms with Crippen LogP contribution in [-0.4, -0.2) is 191 Å². The van der Waals surface area contributed by atoms with Gasteiger partial charge in [-0.15, -0.1) is 0 Å². The fourth-order valence-electron chi connectivity index (χ4n) is 7.97. The summed E-state index contributed by atoms with van der Waals surface area (Å²) in [5.41, 5.74) is 7.27. The highest BCUT2D eigenvalue weighted by Gasteiger charge is 2.41. The minimum absolute atomic E-state index is 0.0139. The summed E-state index contributed by atoms with van der Waals surface area (Å²) in [6.45, 7) is 7.29. The van der Waals surface area contributed by atoms with E-state index < -0.39 is 151 Å². The second-order valence-corrected chi connectivity index (χ2v) is 19.8. The Balaban J connectivity index is 1.73. The number of nitrogens with two attached hydrogens (primary N) is 1. The summed E-state index contributed by atoms with van der Waals surface area (Å²) in [6.07, 6.45) is -1.39. The van der Waals surface area contributed by atoms with Crippen molar-refractivity contribution in [2.45, 2.75) is 152 Å². The molecule has 0 spiro atoms. The van der Waals surface area contributed by atoms with Gasteiger partial charge >= 0.3 is 11.9 Å². The number of nitrogens with one attached hydrogen (secondary N) is 9. The number of aliphatic hydroxyl groups excluding tert-OH is 2. The molecule has 1 aliphatic heterocycles. The molecule has 0 radical (unpaired) electrons. The SMILES string of the molecule is CC(C)C[C@H](NC(=O)[C@@H](N)Cc1ccccc1)C(=O)N[C@@H](C)C(=O)N[C@@H](CS)C(=O)N1CCC[C@H]1C(=O)N[C@@H](CCC(=O)O)C(=O)N[C@H](C(=O)N[C@@H](Cc1cnc[nH]1)C(=O)N[C@@H](CS)C(=O)N[C@H](C(=O)O)[C@@H](C)O)[C@@H](C)O. The molecule has 1 fully saturated rings. The van der Waals surface area contributed by atoms with Crippen molar-refractivity contribution in [3.63, 3.8) is 0 Å². The zero-order chi connectivity index (χ0) is 57.7. The number of rotatable bonds is 31. The zero-order valence-corrected chi connectivity index (χ0v) is 45.1. The van der Waals surface area contributed by atoms with Crippen molar-refractivity contribution in [1.82, 2.24) is 57.4 Å². The lowest BCUT2D eigenvalue weighted by Crippen LogP contribution is -2.62. The quantitative estimate of drug-likeness (QED) is 0.0320. The third kappa shape index (κ3) is 20.6. The van der Waals surface area contributed by atoms with Crippen LogP contribution in [0.25, 0.3) is 0 Å². The van der Waals surface area contributed by atoms with Crippen molar-refractivity contribution in [1.29, 1.82) is 0 Å². The van der Waals surface area contributed by atoms with Crippen LogP contribution in [0, 0.1) is 5.92 Å². The first kappa shape index (κ1) is 64.5. The lowest BCUT2D eigenvalue weighted by Gasteiger charge is -2.30. The minimum Gasteiger partial charge on any atom is -0.481 e. The van der Waals surface area contributed by atoms with E-state index in [1.165, 1.54) is 19.4 Å². The third-order valence-electron chi connectivity index (χ3n) is 12.2. The van der Waals surface area contributed by atoms with E-state index in [1.807, 2.05) is 32.0 Å². The smallest absolute Gasteiger partial charge is 0.328 e. The molecule has 1 aromatic heterocycles. The molecule has 1 aromatic carbocycles.